The molecule has 1 aliphatic heterocycles. The van der Waals surface area contributed by atoms with E-state index in [1.54, 1.807) is 4.90 Å². The summed E-state index contributed by atoms with van der Waals surface area (Å²) < 4.78 is 39.6. The van der Waals surface area contributed by atoms with Gasteiger partial charge in [0, 0.05) is 38.6 Å². The molecule has 22 heavy (non-hydrogen) atoms. The number of alkyl halides is 3. The number of hydrogen-bond donors (Lipinski definition) is 0. The third-order valence-corrected chi connectivity index (χ3v) is 3.86. The predicted molar refractivity (Wildman–Crippen MR) is 80.0 cm³/mol. The number of para-hydroxylation sites is 1. The van der Waals surface area contributed by atoms with E-state index in [-0.39, 0.29) is 5.82 Å². The van der Waals surface area contributed by atoms with Gasteiger partial charge in [-0.1, -0.05) is 18.2 Å². The van der Waals surface area contributed by atoms with Crippen LogP contribution in [0.25, 0.3) is 0 Å². The standard InChI is InChI=1S/C16H16F3N3/c1-21-9-10-22(11-12-5-2-3-7-14(12)21)15-13(16(17,18)19)6-4-8-20-15/h2-8H,9-11H2,1H3. The van der Waals surface area contributed by atoms with Crippen molar-refractivity contribution in [1.29, 1.82) is 0 Å². The first-order chi connectivity index (χ1) is 10.5. The Labute approximate surface area is 127 Å². The fourth-order valence-electron chi connectivity index (χ4n) is 2.74. The Morgan fingerprint density at radius 2 is 1.82 bits per heavy atom. The molecule has 1 aliphatic rings. The summed E-state index contributed by atoms with van der Waals surface area (Å²) in [5.41, 5.74) is 1.37. The number of anilines is 2. The summed E-state index contributed by atoms with van der Waals surface area (Å²) in [7, 11) is 1.95. The minimum absolute atomic E-state index is 0.0000954. The molecule has 116 valence electrons. The van der Waals surface area contributed by atoms with E-state index in [9.17, 15) is 13.2 Å². The lowest BCUT2D eigenvalue weighted by molar-refractivity contribution is -0.137. The van der Waals surface area contributed by atoms with Gasteiger partial charge in [0.15, 0.2) is 0 Å². The van der Waals surface area contributed by atoms with Crippen molar-refractivity contribution >= 4 is 11.5 Å². The summed E-state index contributed by atoms with van der Waals surface area (Å²) >= 11 is 0. The first-order valence-corrected chi connectivity index (χ1v) is 7.03. The van der Waals surface area contributed by atoms with Crippen LogP contribution in [0.5, 0.6) is 0 Å². The third-order valence-electron chi connectivity index (χ3n) is 3.86. The van der Waals surface area contributed by atoms with E-state index in [1.807, 2.05) is 31.3 Å². The lowest BCUT2D eigenvalue weighted by Gasteiger charge is -2.25. The molecule has 0 N–H and O–H groups in total. The molecule has 0 amide bonds. The van der Waals surface area contributed by atoms with Crippen LogP contribution >= 0.6 is 0 Å². The number of halogens is 3. The van der Waals surface area contributed by atoms with Gasteiger partial charge in [0.05, 0.1) is 5.56 Å². The van der Waals surface area contributed by atoms with E-state index in [0.717, 1.165) is 17.3 Å². The fraction of sp³-hybridized carbons (Fsp3) is 0.312. The Morgan fingerprint density at radius 3 is 2.59 bits per heavy atom. The molecule has 3 rings (SSSR count). The maximum absolute atomic E-state index is 13.2. The normalized spacial score (nSPS) is 15.5. The first kappa shape index (κ1) is 14.7. The number of aromatic nitrogens is 1. The Morgan fingerprint density at radius 1 is 1.05 bits per heavy atom. The molecule has 0 bridgehead atoms. The summed E-state index contributed by atoms with van der Waals surface area (Å²) in [6, 6.07) is 10.2. The Hall–Kier alpha value is -2.24. The van der Waals surface area contributed by atoms with Gasteiger partial charge in [-0.05, 0) is 23.8 Å². The maximum atomic E-state index is 13.2. The molecule has 2 heterocycles. The molecule has 3 nitrogen and oxygen atoms in total. The Bertz CT molecular complexity index is 670. The summed E-state index contributed by atoms with van der Waals surface area (Å²) in [4.78, 5) is 7.76. The molecule has 0 unspecified atom stereocenters. The van der Waals surface area contributed by atoms with Crippen molar-refractivity contribution < 1.29 is 13.2 Å². The van der Waals surface area contributed by atoms with Crippen molar-refractivity contribution in [3.8, 4) is 0 Å². The van der Waals surface area contributed by atoms with E-state index >= 15 is 0 Å². The number of fused-ring (bicyclic) bond motifs is 1. The van der Waals surface area contributed by atoms with Gasteiger partial charge in [-0.3, -0.25) is 0 Å². The lowest BCUT2D eigenvalue weighted by Crippen LogP contribution is -2.31. The van der Waals surface area contributed by atoms with Gasteiger partial charge < -0.3 is 9.80 Å². The van der Waals surface area contributed by atoms with Gasteiger partial charge in [-0.2, -0.15) is 13.2 Å². The Balaban J connectivity index is 2.01. The fourth-order valence-corrected chi connectivity index (χ4v) is 2.74. The largest absolute Gasteiger partial charge is 0.419 e. The molecule has 1 aromatic heterocycles. The topological polar surface area (TPSA) is 19.4 Å². The highest BCUT2D eigenvalue weighted by Crippen LogP contribution is 2.36. The average molecular weight is 307 g/mol. The molecule has 0 saturated carbocycles. The zero-order valence-corrected chi connectivity index (χ0v) is 12.1. The van der Waals surface area contributed by atoms with Gasteiger partial charge in [-0.25, -0.2) is 4.98 Å². The number of likely N-dealkylation sites (N-methyl/N-ethyl adjacent to an activating group) is 1. The van der Waals surface area contributed by atoms with E-state index in [4.69, 9.17) is 0 Å². The van der Waals surface area contributed by atoms with Crippen LogP contribution in [0, 0.1) is 0 Å². The van der Waals surface area contributed by atoms with E-state index in [0.29, 0.717) is 19.6 Å². The second-order valence-corrected chi connectivity index (χ2v) is 5.34. The molecule has 6 heteroatoms. The van der Waals surface area contributed by atoms with Gasteiger partial charge in [-0.15, -0.1) is 0 Å². The molecule has 0 spiro atoms. The van der Waals surface area contributed by atoms with E-state index in [1.165, 1.54) is 12.3 Å². The summed E-state index contributed by atoms with van der Waals surface area (Å²) in [5.74, 6) is 0.0000954. The minimum Gasteiger partial charge on any atom is -0.373 e. The van der Waals surface area contributed by atoms with Crippen molar-refractivity contribution in [2.75, 3.05) is 29.9 Å². The third kappa shape index (κ3) is 2.73. The molecule has 0 fully saturated rings. The zero-order valence-electron chi connectivity index (χ0n) is 12.1. The maximum Gasteiger partial charge on any atom is 0.419 e. The Kier molecular flexibility index (Phi) is 3.68. The smallest absolute Gasteiger partial charge is 0.373 e. The minimum atomic E-state index is -4.40. The van der Waals surface area contributed by atoms with Gasteiger partial charge in [0.25, 0.3) is 0 Å². The molecule has 1 aromatic carbocycles. The predicted octanol–water partition coefficient (Wildman–Crippen LogP) is 3.56. The van der Waals surface area contributed by atoms with Gasteiger partial charge >= 0.3 is 6.18 Å². The number of benzene rings is 1. The monoisotopic (exact) mass is 307 g/mol. The lowest BCUT2D eigenvalue weighted by atomic mass is 10.1. The van der Waals surface area contributed by atoms with Gasteiger partial charge in [0.1, 0.15) is 5.82 Å². The van der Waals surface area contributed by atoms with Crippen LogP contribution in [0.3, 0.4) is 0 Å². The number of nitrogens with zero attached hydrogens (tertiary/aromatic N) is 3. The van der Waals surface area contributed by atoms with Crippen molar-refractivity contribution in [2.24, 2.45) is 0 Å². The first-order valence-electron chi connectivity index (χ1n) is 7.03. The molecule has 0 radical (unpaired) electrons. The highest BCUT2D eigenvalue weighted by molar-refractivity contribution is 5.58. The number of pyridine rings is 1. The molecule has 2 aromatic rings. The van der Waals surface area contributed by atoms with Crippen LogP contribution in [0.4, 0.5) is 24.7 Å². The second kappa shape index (κ2) is 5.51. The van der Waals surface area contributed by atoms with Crippen molar-refractivity contribution in [3.63, 3.8) is 0 Å². The molecule has 0 saturated heterocycles. The van der Waals surface area contributed by atoms with Crippen LogP contribution in [0.2, 0.25) is 0 Å². The van der Waals surface area contributed by atoms with E-state index < -0.39 is 11.7 Å². The van der Waals surface area contributed by atoms with Gasteiger partial charge in [0.2, 0.25) is 0 Å². The molecule has 0 atom stereocenters. The summed E-state index contributed by atoms with van der Waals surface area (Å²) in [6.45, 7) is 1.55. The number of hydrogen-bond acceptors (Lipinski definition) is 3. The highest BCUT2D eigenvalue weighted by atomic mass is 19.4. The summed E-state index contributed by atoms with van der Waals surface area (Å²) in [6.07, 6.45) is -2.99. The summed E-state index contributed by atoms with van der Waals surface area (Å²) in [5, 5.41) is 0. The van der Waals surface area contributed by atoms with Crippen LogP contribution in [0.1, 0.15) is 11.1 Å². The SMILES string of the molecule is CN1CCN(c2ncccc2C(F)(F)F)Cc2ccccc21. The van der Waals surface area contributed by atoms with E-state index in [2.05, 4.69) is 9.88 Å². The van der Waals surface area contributed by atoms with Crippen molar-refractivity contribution in [1.82, 2.24) is 4.98 Å². The molecule has 0 aliphatic carbocycles. The number of rotatable bonds is 1. The quantitative estimate of drug-likeness (QED) is 0.803. The average Bonchev–Trinajstić information content (AvgIpc) is 2.66. The van der Waals surface area contributed by atoms with Crippen LogP contribution in [0.15, 0.2) is 42.6 Å². The van der Waals surface area contributed by atoms with Crippen molar-refractivity contribution in [2.45, 2.75) is 12.7 Å². The zero-order chi connectivity index (χ0) is 15.7. The van der Waals surface area contributed by atoms with Crippen LogP contribution < -0.4 is 9.80 Å². The molecular formula is C16H16F3N3. The second-order valence-electron chi connectivity index (χ2n) is 5.34. The van der Waals surface area contributed by atoms with Crippen molar-refractivity contribution in [3.05, 3.63) is 53.7 Å². The molecular weight excluding hydrogens is 291 g/mol. The van der Waals surface area contributed by atoms with Crippen LogP contribution in [-0.2, 0) is 12.7 Å². The van der Waals surface area contributed by atoms with Crippen LogP contribution in [-0.4, -0.2) is 25.1 Å². The highest BCUT2D eigenvalue weighted by Gasteiger charge is 2.36.